The molecule has 2 aliphatic heterocycles. The van der Waals surface area contributed by atoms with Crippen LogP contribution >= 0.6 is 67.8 Å². The summed E-state index contributed by atoms with van der Waals surface area (Å²) in [5.41, 5.74) is 4.23. The number of aliphatic carboxylic acids is 1. The molecule has 0 amide bonds. The van der Waals surface area contributed by atoms with E-state index in [1.165, 1.54) is 27.7 Å². The molecule has 2 heterocycles. The fourth-order valence-electron chi connectivity index (χ4n) is 6.17. The van der Waals surface area contributed by atoms with Crippen LogP contribution in [-0.4, -0.2) is 46.6 Å². The Kier molecular flexibility index (Phi) is 16.3. The Labute approximate surface area is 346 Å². The number of allylic oxidation sites excluding steroid dienone is 12. The standard InChI is InChI=1S/C40H52I3NO6S/c1-38(2,3)32-25-28(26-33(50-32)39(4,5)6)19-13-9-8-10-14-20-31-40(7,22-16-11-15-21-34(45)46)35-30(27-29(41)36(42)37(35)43)44(31)23-17-12-18-24-51(47,48)49/h8-10,13-14,19-20,25-27H,11-12,15-18,21-24H2,1-7H3,(H-,45,46,47,48,49)/p+1. The van der Waals surface area contributed by atoms with Crippen LogP contribution < -0.4 is 0 Å². The second kappa shape index (κ2) is 18.8. The number of nitrogens with zero attached hydrogens (tertiary/aromatic N) is 1. The third kappa shape index (κ3) is 12.9. The first-order valence-electron chi connectivity index (χ1n) is 17.5. The number of hydrogen-bond acceptors (Lipinski definition) is 4. The minimum atomic E-state index is -3.98. The zero-order valence-electron chi connectivity index (χ0n) is 30.9. The number of carboxylic acid groups (broad SMARTS) is 1. The quantitative estimate of drug-likeness (QED) is 0.0427. The summed E-state index contributed by atoms with van der Waals surface area (Å²) in [7, 11) is -3.98. The Morgan fingerprint density at radius 1 is 0.863 bits per heavy atom. The molecule has 1 aromatic carbocycles. The van der Waals surface area contributed by atoms with Crippen LogP contribution in [-0.2, 0) is 25.1 Å². The molecule has 2 N–H and O–H groups in total. The van der Waals surface area contributed by atoms with Crippen LogP contribution in [0.25, 0.3) is 0 Å². The highest BCUT2D eigenvalue weighted by molar-refractivity contribution is 14.1. The predicted molar refractivity (Wildman–Crippen MR) is 234 cm³/mol. The lowest BCUT2D eigenvalue weighted by atomic mass is 9.75. The van der Waals surface area contributed by atoms with Gasteiger partial charge >= 0.3 is 5.97 Å². The monoisotopic (exact) mass is 1060 g/mol. The minimum absolute atomic E-state index is 0.106. The highest BCUT2D eigenvalue weighted by Gasteiger charge is 2.49. The number of unbranched alkanes of at least 4 members (excludes halogenated alkanes) is 4. The maximum atomic E-state index is 11.3. The summed E-state index contributed by atoms with van der Waals surface area (Å²) >= 11 is 7.30. The van der Waals surface area contributed by atoms with Crippen LogP contribution in [0.2, 0.25) is 0 Å². The number of ether oxygens (including phenoxy) is 1. The normalized spacial score (nSPS) is 18.5. The average Bonchev–Trinajstić information content (AvgIpc) is 3.23. The number of hydrogen-bond donors (Lipinski definition) is 2. The molecular weight excluding hydrogens is 1000 g/mol. The molecule has 0 radical (unpaired) electrons. The lowest BCUT2D eigenvalue weighted by Crippen LogP contribution is -2.32. The van der Waals surface area contributed by atoms with Gasteiger partial charge in [-0.05, 0) is 118 Å². The molecule has 0 bridgehead atoms. The summed E-state index contributed by atoms with van der Waals surface area (Å²) in [5, 5.41) is 9.17. The molecule has 280 valence electrons. The molecule has 1 aromatic rings. The Morgan fingerprint density at radius 3 is 2.04 bits per heavy atom. The molecule has 2 aliphatic rings. The SMILES string of the molecule is CC(C)(C)C1=CC(=CC=CC=CC=CC2=[N+](CCCCCS(=O)(=O)O)c3cc(I)c(I)c(I)c3C2(C)CCCCCC(=O)O)C=C(C(C)(C)C)O1. The van der Waals surface area contributed by atoms with Gasteiger partial charge in [0.05, 0.1) is 16.7 Å². The predicted octanol–water partition coefficient (Wildman–Crippen LogP) is 11.4. The van der Waals surface area contributed by atoms with Crippen LogP contribution in [0.5, 0.6) is 0 Å². The molecule has 0 saturated carbocycles. The maximum Gasteiger partial charge on any atom is 0.303 e. The summed E-state index contributed by atoms with van der Waals surface area (Å²) < 4.78 is 44.1. The molecule has 0 saturated heterocycles. The van der Waals surface area contributed by atoms with Gasteiger partial charge in [-0.25, -0.2) is 0 Å². The van der Waals surface area contributed by atoms with Gasteiger partial charge in [-0.2, -0.15) is 13.0 Å². The van der Waals surface area contributed by atoms with Crippen LogP contribution in [0.4, 0.5) is 5.69 Å². The largest absolute Gasteiger partial charge is 0.481 e. The van der Waals surface area contributed by atoms with Crippen molar-refractivity contribution < 1.29 is 32.2 Å². The minimum Gasteiger partial charge on any atom is -0.481 e. The number of rotatable bonds is 16. The average molecular weight is 1060 g/mol. The molecule has 1 unspecified atom stereocenters. The number of fused-ring (bicyclic) bond motifs is 1. The zero-order chi connectivity index (χ0) is 38.2. The molecule has 0 fully saturated rings. The van der Waals surface area contributed by atoms with Gasteiger partial charge in [-0.15, -0.1) is 0 Å². The highest BCUT2D eigenvalue weighted by Crippen LogP contribution is 2.48. The van der Waals surface area contributed by atoms with Crippen molar-refractivity contribution in [2.45, 2.75) is 105 Å². The molecule has 1 atom stereocenters. The summed E-state index contributed by atoms with van der Waals surface area (Å²) in [6, 6.07) is 2.25. The van der Waals surface area contributed by atoms with E-state index in [-0.39, 0.29) is 28.4 Å². The third-order valence-corrected chi connectivity index (χ3v) is 14.9. The van der Waals surface area contributed by atoms with E-state index in [1.807, 2.05) is 24.3 Å². The number of benzene rings is 1. The lowest BCUT2D eigenvalue weighted by molar-refractivity contribution is -0.438. The first kappa shape index (κ1) is 44.1. The Bertz CT molecular complexity index is 1750. The Hall–Kier alpha value is -1.30. The lowest BCUT2D eigenvalue weighted by Gasteiger charge is -2.32. The molecule has 0 spiro atoms. The summed E-state index contributed by atoms with van der Waals surface area (Å²) in [6.45, 7) is 16.0. The van der Waals surface area contributed by atoms with E-state index in [1.54, 1.807) is 0 Å². The van der Waals surface area contributed by atoms with Crippen LogP contribution in [0.1, 0.15) is 105 Å². The van der Waals surface area contributed by atoms with E-state index < -0.39 is 16.1 Å². The molecule has 11 heteroatoms. The number of halogens is 3. The Balaban J connectivity index is 1.95. The fourth-order valence-corrected chi connectivity index (χ4v) is 9.41. The maximum absolute atomic E-state index is 11.3. The fraction of sp³-hybridized carbons (Fsp3) is 0.500. The first-order chi connectivity index (χ1) is 23.6. The van der Waals surface area contributed by atoms with Crippen molar-refractivity contribution in [3.8, 4) is 0 Å². The van der Waals surface area contributed by atoms with Crippen molar-refractivity contribution in [3.05, 3.63) is 94.1 Å². The molecule has 51 heavy (non-hydrogen) atoms. The van der Waals surface area contributed by atoms with Crippen molar-refractivity contribution in [1.82, 2.24) is 0 Å². The smallest absolute Gasteiger partial charge is 0.303 e. The molecule has 0 aromatic heterocycles. The molecule has 3 rings (SSSR count). The van der Waals surface area contributed by atoms with Crippen LogP contribution in [0.15, 0.2) is 77.8 Å². The van der Waals surface area contributed by atoms with Gasteiger partial charge < -0.3 is 9.84 Å². The van der Waals surface area contributed by atoms with Gasteiger partial charge in [0.2, 0.25) is 5.69 Å². The van der Waals surface area contributed by atoms with Crippen molar-refractivity contribution in [2.75, 3.05) is 12.3 Å². The van der Waals surface area contributed by atoms with Crippen molar-refractivity contribution in [2.24, 2.45) is 10.8 Å². The summed E-state index contributed by atoms with van der Waals surface area (Å²) in [4.78, 5) is 11.2. The highest BCUT2D eigenvalue weighted by atomic mass is 127. The van der Waals surface area contributed by atoms with E-state index in [4.69, 9.17) is 9.84 Å². The van der Waals surface area contributed by atoms with E-state index >= 15 is 0 Å². The van der Waals surface area contributed by atoms with Crippen molar-refractivity contribution >= 4 is 95.3 Å². The zero-order valence-corrected chi connectivity index (χ0v) is 38.2. The second-order valence-electron chi connectivity index (χ2n) is 15.5. The van der Waals surface area contributed by atoms with Crippen LogP contribution in [0.3, 0.4) is 0 Å². The van der Waals surface area contributed by atoms with Gasteiger partial charge in [0.1, 0.15) is 18.1 Å². The van der Waals surface area contributed by atoms with Gasteiger partial charge in [-0.3, -0.25) is 9.35 Å². The van der Waals surface area contributed by atoms with Gasteiger partial charge in [0, 0.05) is 46.5 Å². The molecule has 0 aliphatic carbocycles. The molecule has 7 nitrogen and oxygen atoms in total. The van der Waals surface area contributed by atoms with Gasteiger partial charge in [0.25, 0.3) is 10.1 Å². The van der Waals surface area contributed by atoms with E-state index in [2.05, 4.69) is 157 Å². The van der Waals surface area contributed by atoms with Crippen molar-refractivity contribution in [3.63, 3.8) is 0 Å². The number of carbonyl (C=O) groups is 1. The topological polar surface area (TPSA) is 104 Å². The second-order valence-corrected chi connectivity index (χ2v) is 20.4. The Morgan fingerprint density at radius 2 is 1.45 bits per heavy atom. The number of carboxylic acids is 1. The first-order valence-corrected chi connectivity index (χ1v) is 22.3. The van der Waals surface area contributed by atoms with E-state index in [0.717, 1.165) is 42.8 Å². The van der Waals surface area contributed by atoms with Gasteiger partial charge in [-0.1, -0.05) is 90.8 Å². The van der Waals surface area contributed by atoms with Gasteiger partial charge in [0.15, 0.2) is 5.71 Å². The van der Waals surface area contributed by atoms with Crippen molar-refractivity contribution in [1.29, 1.82) is 0 Å². The van der Waals surface area contributed by atoms with E-state index in [0.29, 0.717) is 25.8 Å². The van der Waals surface area contributed by atoms with Crippen LogP contribution in [0, 0.1) is 21.5 Å². The summed E-state index contributed by atoms with van der Waals surface area (Å²) in [6.07, 6.45) is 24.1. The summed E-state index contributed by atoms with van der Waals surface area (Å²) in [5.74, 6) is 0.917. The van der Waals surface area contributed by atoms with E-state index in [9.17, 15) is 17.8 Å². The third-order valence-electron chi connectivity index (χ3n) is 8.97. The molecular formula is C40H53I3NO6S+.